The first-order valence-corrected chi connectivity index (χ1v) is 9.73. The molecule has 0 saturated heterocycles. The van der Waals surface area contributed by atoms with Gasteiger partial charge in [0.25, 0.3) is 0 Å². The first-order valence-electron chi connectivity index (χ1n) is 9.73. The van der Waals surface area contributed by atoms with Gasteiger partial charge in [-0.05, 0) is 56.4 Å². The summed E-state index contributed by atoms with van der Waals surface area (Å²) in [6, 6.07) is 12.2. The molecule has 1 heterocycles. The van der Waals surface area contributed by atoms with Crippen LogP contribution >= 0.6 is 0 Å². The van der Waals surface area contributed by atoms with Crippen molar-refractivity contribution in [2.45, 2.75) is 46.5 Å². The molecule has 0 aliphatic carbocycles. The highest BCUT2D eigenvalue weighted by Gasteiger charge is 2.22. The van der Waals surface area contributed by atoms with E-state index in [0.717, 1.165) is 35.2 Å². The number of benzene rings is 2. The van der Waals surface area contributed by atoms with Gasteiger partial charge in [0.15, 0.2) is 0 Å². The van der Waals surface area contributed by atoms with Crippen LogP contribution < -0.4 is 10.3 Å². The van der Waals surface area contributed by atoms with E-state index < -0.39 is 0 Å². The lowest BCUT2D eigenvalue weighted by atomic mass is 10.0. The number of carbonyl (C=O) groups is 2. The van der Waals surface area contributed by atoms with Crippen LogP contribution in [0.2, 0.25) is 0 Å². The van der Waals surface area contributed by atoms with Crippen LogP contribution in [0, 0.1) is 20.8 Å². The number of carbonyl (C=O) groups excluding carboxylic acids is 2. The Morgan fingerprint density at radius 1 is 1.11 bits per heavy atom. The Bertz CT molecular complexity index is 895. The van der Waals surface area contributed by atoms with E-state index in [1.807, 2.05) is 32.0 Å². The minimum atomic E-state index is -0.252. The van der Waals surface area contributed by atoms with Crippen molar-refractivity contribution in [2.75, 3.05) is 11.4 Å². The van der Waals surface area contributed by atoms with E-state index in [-0.39, 0.29) is 24.7 Å². The van der Waals surface area contributed by atoms with Crippen molar-refractivity contribution in [3.05, 3.63) is 64.2 Å². The van der Waals surface area contributed by atoms with Crippen LogP contribution in [0.15, 0.2) is 41.5 Å². The molecule has 0 saturated carbocycles. The van der Waals surface area contributed by atoms with Gasteiger partial charge in [-0.1, -0.05) is 35.9 Å². The van der Waals surface area contributed by atoms with Gasteiger partial charge >= 0.3 is 0 Å². The summed E-state index contributed by atoms with van der Waals surface area (Å²) in [6.45, 7) is 6.82. The molecule has 5 heteroatoms. The topological polar surface area (TPSA) is 61.8 Å². The largest absolute Gasteiger partial charge is 0.312 e. The summed E-state index contributed by atoms with van der Waals surface area (Å²) in [5.41, 5.74) is 9.16. The molecular weight excluding hydrogens is 350 g/mol. The molecule has 2 aromatic carbocycles. The molecule has 2 aromatic rings. The fourth-order valence-electron chi connectivity index (χ4n) is 3.77. The number of nitrogens with one attached hydrogen (secondary N) is 1. The predicted octanol–water partition coefficient (Wildman–Crippen LogP) is 3.82. The van der Waals surface area contributed by atoms with Crippen molar-refractivity contribution in [3.63, 3.8) is 0 Å². The number of aryl methyl sites for hydroxylation is 4. The summed E-state index contributed by atoms with van der Waals surface area (Å²) in [5.74, 6) is -0.270. The Morgan fingerprint density at radius 3 is 2.57 bits per heavy atom. The molecule has 0 aromatic heterocycles. The summed E-state index contributed by atoms with van der Waals surface area (Å²) < 4.78 is 0. The number of hydrogen-bond acceptors (Lipinski definition) is 3. The second-order valence-corrected chi connectivity index (χ2v) is 7.38. The highest BCUT2D eigenvalue weighted by atomic mass is 16.2. The van der Waals surface area contributed by atoms with Crippen LogP contribution in [0.4, 0.5) is 5.69 Å². The van der Waals surface area contributed by atoms with Gasteiger partial charge in [-0.15, -0.1) is 0 Å². The highest BCUT2D eigenvalue weighted by Crippen LogP contribution is 2.27. The zero-order valence-electron chi connectivity index (χ0n) is 16.8. The summed E-state index contributed by atoms with van der Waals surface area (Å²) in [4.78, 5) is 26.5. The molecule has 1 N–H and O–H groups in total. The molecule has 5 nitrogen and oxygen atoms in total. The first-order chi connectivity index (χ1) is 13.5. The molecule has 1 aliphatic rings. The number of para-hydroxylation sites is 1. The molecule has 28 heavy (non-hydrogen) atoms. The summed E-state index contributed by atoms with van der Waals surface area (Å²) >= 11 is 0. The van der Waals surface area contributed by atoms with Crippen molar-refractivity contribution in [1.29, 1.82) is 0 Å². The molecule has 0 unspecified atom stereocenters. The maximum Gasteiger partial charge on any atom is 0.240 e. The monoisotopic (exact) mass is 377 g/mol. The van der Waals surface area contributed by atoms with Gasteiger partial charge in [-0.25, -0.2) is 5.43 Å². The minimum absolute atomic E-state index is 0.0171. The van der Waals surface area contributed by atoms with E-state index in [2.05, 4.69) is 35.7 Å². The van der Waals surface area contributed by atoms with Crippen LogP contribution in [0.5, 0.6) is 0 Å². The highest BCUT2D eigenvalue weighted by molar-refractivity contribution is 5.96. The lowest BCUT2D eigenvalue weighted by molar-refractivity contribution is -0.125. The Kier molecular flexibility index (Phi) is 6.24. The number of fused-ring (bicyclic) bond motifs is 1. The van der Waals surface area contributed by atoms with Gasteiger partial charge in [-0.3, -0.25) is 9.59 Å². The van der Waals surface area contributed by atoms with E-state index in [0.29, 0.717) is 6.54 Å². The van der Waals surface area contributed by atoms with Crippen LogP contribution in [0.1, 0.15) is 47.1 Å². The Hall–Kier alpha value is -2.95. The fraction of sp³-hybridized carbons (Fsp3) is 0.348. The molecule has 0 fully saturated rings. The number of nitrogens with zero attached hydrogens (tertiary/aromatic N) is 2. The SMILES string of the molecule is Cc1cc(C)c(C=NNC(=O)CCC(=O)N2CCCc3ccccc32)c(C)c1. The van der Waals surface area contributed by atoms with Gasteiger partial charge in [0.2, 0.25) is 11.8 Å². The van der Waals surface area contributed by atoms with E-state index in [4.69, 9.17) is 0 Å². The average Bonchev–Trinajstić information content (AvgIpc) is 2.67. The van der Waals surface area contributed by atoms with Crippen LogP contribution in [-0.4, -0.2) is 24.6 Å². The van der Waals surface area contributed by atoms with Crippen molar-refractivity contribution < 1.29 is 9.59 Å². The zero-order chi connectivity index (χ0) is 20.1. The molecule has 3 rings (SSSR count). The lowest BCUT2D eigenvalue weighted by Crippen LogP contribution is -2.36. The van der Waals surface area contributed by atoms with Gasteiger partial charge < -0.3 is 4.90 Å². The normalized spacial score (nSPS) is 13.5. The van der Waals surface area contributed by atoms with Crippen molar-refractivity contribution in [2.24, 2.45) is 5.10 Å². The summed E-state index contributed by atoms with van der Waals surface area (Å²) in [6.07, 6.45) is 3.92. The fourth-order valence-corrected chi connectivity index (χ4v) is 3.77. The molecule has 0 atom stereocenters. The van der Waals surface area contributed by atoms with Crippen molar-refractivity contribution in [3.8, 4) is 0 Å². The third-order valence-electron chi connectivity index (χ3n) is 5.10. The minimum Gasteiger partial charge on any atom is -0.312 e. The lowest BCUT2D eigenvalue weighted by Gasteiger charge is -2.29. The maximum absolute atomic E-state index is 12.6. The van der Waals surface area contributed by atoms with E-state index in [1.165, 1.54) is 11.1 Å². The molecule has 0 bridgehead atoms. The smallest absolute Gasteiger partial charge is 0.240 e. The van der Waals surface area contributed by atoms with E-state index >= 15 is 0 Å². The third-order valence-corrected chi connectivity index (χ3v) is 5.10. The van der Waals surface area contributed by atoms with E-state index in [9.17, 15) is 9.59 Å². The van der Waals surface area contributed by atoms with Gasteiger partial charge in [0.1, 0.15) is 0 Å². The van der Waals surface area contributed by atoms with Crippen molar-refractivity contribution >= 4 is 23.7 Å². The van der Waals surface area contributed by atoms with Crippen LogP contribution in [0.25, 0.3) is 0 Å². The number of hydrazone groups is 1. The van der Waals surface area contributed by atoms with Gasteiger partial charge in [0, 0.05) is 30.6 Å². The van der Waals surface area contributed by atoms with E-state index in [1.54, 1.807) is 11.1 Å². The summed E-state index contributed by atoms with van der Waals surface area (Å²) in [5, 5.41) is 4.07. The standard InChI is InChI=1S/C23H27N3O2/c1-16-13-17(2)20(18(3)14-16)15-24-25-22(27)10-11-23(28)26-12-6-8-19-7-4-5-9-21(19)26/h4-5,7,9,13-15H,6,8,10-12H2,1-3H3,(H,25,27). The second-order valence-electron chi connectivity index (χ2n) is 7.38. The number of hydrogen-bond donors (Lipinski definition) is 1. The number of anilines is 1. The number of amides is 2. The number of rotatable bonds is 5. The Morgan fingerprint density at radius 2 is 1.82 bits per heavy atom. The Labute approximate surface area is 166 Å². The van der Waals surface area contributed by atoms with Gasteiger partial charge in [0.05, 0.1) is 6.21 Å². The summed E-state index contributed by atoms with van der Waals surface area (Å²) in [7, 11) is 0. The van der Waals surface area contributed by atoms with Crippen LogP contribution in [-0.2, 0) is 16.0 Å². The maximum atomic E-state index is 12.6. The zero-order valence-corrected chi connectivity index (χ0v) is 16.8. The van der Waals surface area contributed by atoms with Crippen LogP contribution in [0.3, 0.4) is 0 Å². The molecule has 0 spiro atoms. The first kappa shape index (κ1) is 19.8. The Balaban J connectivity index is 1.53. The predicted molar refractivity (Wildman–Crippen MR) is 113 cm³/mol. The quantitative estimate of drug-likeness (QED) is 0.636. The second kappa shape index (κ2) is 8.83. The molecule has 146 valence electrons. The van der Waals surface area contributed by atoms with Gasteiger partial charge in [-0.2, -0.15) is 5.10 Å². The third kappa shape index (κ3) is 4.66. The van der Waals surface area contributed by atoms with Crippen molar-refractivity contribution in [1.82, 2.24) is 5.43 Å². The molecule has 0 radical (unpaired) electrons. The average molecular weight is 377 g/mol. The molecule has 1 aliphatic heterocycles. The molecule has 2 amide bonds. The molecular formula is C23H27N3O2.